The fraction of sp³-hybridized carbons (Fsp3) is 0.500. The Bertz CT molecular complexity index is 661. The van der Waals surface area contributed by atoms with E-state index in [1.165, 1.54) is 12.3 Å². The molecule has 0 saturated heterocycles. The van der Waals surface area contributed by atoms with E-state index >= 15 is 0 Å². The molecule has 0 radical (unpaired) electrons. The van der Waals surface area contributed by atoms with E-state index in [9.17, 15) is 18.0 Å². The first-order valence-corrected chi connectivity index (χ1v) is 8.21. The van der Waals surface area contributed by atoms with E-state index in [2.05, 4.69) is 5.48 Å². The van der Waals surface area contributed by atoms with Crippen LogP contribution in [0.1, 0.15) is 23.2 Å². The van der Waals surface area contributed by atoms with E-state index in [0.29, 0.717) is 12.5 Å². The Morgan fingerprint density at radius 2 is 2.15 bits per heavy atom. The van der Waals surface area contributed by atoms with E-state index in [1.807, 2.05) is 0 Å². The molecule has 0 unspecified atom stereocenters. The van der Waals surface area contributed by atoms with Crippen LogP contribution >= 0.6 is 0 Å². The van der Waals surface area contributed by atoms with Gasteiger partial charge in [-0.1, -0.05) is 0 Å². The molecule has 110 valence electrons. The summed E-state index contributed by atoms with van der Waals surface area (Å²) in [5.74, 6) is -0.460. The molecule has 1 fully saturated rings. The third kappa shape index (κ3) is 4.46. The van der Waals surface area contributed by atoms with E-state index in [4.69, 9.17) is 4.84 Å². The topological polar surface area (TPSA) is 94.5 Å². The predicted octanol–water partition coefficient (Wildman–Crippen LogP) is -0.0782. The third-order valence-electron chi connectivity index (χ3n) is 2.80. The van der Waals surface area contributed by atoms with Crippen LogP contribution in [-0.4, -0.2) is 31.8 Å². The first kappa shape index (κ1) is 14.7. The largest absolute Gasteiger partial charge is 0.300 e. The van der Waals surface area contributed by atoms with E-state index in [-0.39, 0.29) is 5.56 Å². The molecule has 0 atom stereocenters. The number of hydrogen-bond donors (Lipinski definition) is 1. The molecule has 1 aliphatic carbocycles. The summed E-state index contributed by atoms with van der Waals surface area (Å²) < 4.78 is 23.4. The highest BCUT2D eigenvalue weighted by atomic mass is 32.2. The molecule has 0 spiro atoms. The zero-order chi connectivity index (χ0) is 14.8. The minimum atomic E-state index is -3.36. The van der Waals surface area contributed by atoms with Gasteiger partial charge >= 0.3 is 0 Å². The second-order valence-electron chi connectivity index (χ2n) is 4.97. The van der Waals surface area contributed by atoms with Crippen LogP contribution in [0.2, 0.25) is 0 Å². The number of aromatic nitrogens is 1. The highest BCUT2D eigenvalue weighted by Gasteiger charge is 2.22. The fourth-order valence-corrected chi connectivity index (χ4v) is 2.29. The van der Waals surface area contributed by atoms with Gasteiger partial charge in [0.05, 0.1) is 12.2 Å². The molecular formula is C12H16N2O5S. The molecule has 2 rings (SSSR count). The SMILES string of the molecule is CS(=O)(=O)Cn1cc(C(=O)NOCC2CC2)ccc1=O. The Morgan fingerprint density at radius 3 is 2.75 bits per heavy atom. The summed E-state index contributed by atoms with van der Waals surface area (Å²) in [6, 6.07) is 2.48. The number of hydroxylamine groups is 1. The summed E-state index contributed by atoms with van der Waals surface area (Å²) in [4.78, 5) is 28.3. The Balaban J connectivity index is 2.05. The van der Waals surface area contributed by atoms with Crippen molar-refractivity contribution in [1.29, 1.82) is 0 Å². The summed E-state index contributed by atoms with van der Waals surface area (Å²) in [7, 11) is -3.36. The first-order valence-electron chi connectivity index (χ1n) is 6.15. The Labute approximate surface area is 116 Å². The second-order valence-corrected chi connectivity index (χ2v) is 7.08. The highest BCUT2D eigenvalue weighted by Crippen LogP contribution is 2.28. The van der Waals surface area contributed by atoms with Crippen molar-refractivity contribution >= 4 is 15.7 Å². The third-order valence-corrected chi connectivity index (χ3v) is 3.55. The molecule has 1 amide bonds. The number of rotatable bonds is 6. The number of nitrogens with zero attached hydrogens (tertiary/aromatic N) is 1. The van der Waals surface area contributed by atoms with Crippen LogP contribution in [0.4, 0.5) is 0 Å². The van der Waals surface area contributed by atoms with Gasteiger partial charge in [0.15, 0.2) is 9.84 Å². The van der Waals surface area contributed by atoms with Crippen LogP contribution in [0.25, 0.3) is 0 Å². The van der Waals surface area contributed by atoms with Crippen molar-refractivity contribution < 1.29 is 18.0 Å². The first-order chi connectivity index (χ1) is 9.35. The van der Waals surface area contributed by atoms with E-state index < -0.39 is 27.2 Å². The molecule has 1 heterocycles. The molecule has 1 saturated carbocycles. The van der Waals surface area contributed by atoms with Gasteiger partial charge in [0.2, 0.25) is 0 Å². The molecule has 1 aromatic rings. The number of sulfone groups is 1. The quantitative estimate of drug-likeness (QED) is 0.742. The molecule has 1 aromatic heterocycles. The maximum Gasteiger partial charge on any atom is 0.276 e. The predicted molar refractivity (Wildman–Crippen MR) is 71.7 cm³/mol. The molecule has 0 bridgehead atoms. The Morgan fingerprint density at radius 1 is 1.45 bits per heavy atom. The van der Waals surface area contributed by atoms with E-state index in [0.717, 1.165) is 29.7 Å². The average molecular weight is 300 g/mol. The van der Waals surface area contributed by atoms with Gasteiger partial charge in [0.1, 0.15) is 5.88 Å². The maximum atomic E-state index is 11.8. The number of pyridine rings is 1. The van der Waals surface area contributed by atoms with Crippen LogP contribution in [0, 0.1) is 5.92 Å². The van der Waals surface area contributed by atoms with Gasteiger partial charge in [-0.15, -0.1) is 0 Å². The van der Waals surface area contributed by atoms with Gasteiger partial charge < -0.3 is 0 Å². The lowest BCUT2D eigenvalue weighted by Gasteiger charge is -2.08. The average Bonchev–Trinajstić information content (AvgIpc) is 3.14. The van der Waals surface area contributed by atoms with Crippen molar-refractivity contribution in [1.82, 2.24) is 10.0 Å². The number of hydrogen-bond acceptors (Lipinski definition) is 5. The van der Waals surface area contributed by atoms with Gasteiger partial charge in [-0.3, -0.25) is 19.0 Å². The van der Waals surface area contributed by atoms with Crippen LogP contribution in [0.15, 0.2) is 23.1 Å². The molecule has 8 heteroatoms. The highest BCUT2D eigenvalue weighted by molar-refractivity contribution is 7.89. The van der Waals surface area contributed by atoms with Crippen molar-refractivity contribution in [3.8, 4) is 0 Å². The van der Waals surface area contributed by atoms with Gasteiger partial charge in [0, 0.05) is 18.5 Å². The van der Waals surface area contributed by atoms with Crippen LogP contribution in [0.3, 0.4) is 0 Å². The normalized spacial score (nSPS) is 15.1. The minimum absolute atomic E-state index is 0.170. The van der Waals surface area contributed by atoms with Gasteiger partial charge in [-0.05, 0) is 24.8 Å². The van der Waals surface area contributed by atoms with Crippen molar-refractivity contribution in [2.24, 2.45) is 5.92 Å². The van der Waals surface area contributed by atoms with Gasteiger partial charge in [-0.2, -0.15) is 0 Å². The zero-order valence-corrected chi connectivity index (χ0v) is 11.9. The number of carbonyl (C=O) groups is 1. The Kier molecular flexibility index (Phi) is 4.24. The molecule has 1 N–H and O–H groups in total. The van der Waals surface area contributed by atoms with Crippen molar-refractivity contribution in [3.63, 3.8) is 0 Å². The van der Waals surface area contributed by atoms with Gasteiger partial charge in [-0.25, -0.2) is 13.9 Å². The molecule has 0 aliphatic heterocycles. The van der Waals surface area contributed by atoms with Gasteiger partial charge in [0.25, 0.3) is 11.5 Å². The van der Waals surface area contributed by atoms with Crippen molar-refractivity contribution in [2.75, 3.05) is 12.9 Å². The summed E-state index contributed by atoms with van der Waals surface area (Å²) >= 11 is 0. The number of carbonyl (C=O) groups excluding carboxylic acids is 1. The second kappa shape index (κ2) is 5.76. The van der Waals surface area contributed by atoms with E-state index in [1.54, 1.807) is 0 Å². The van der Waals surface area contributed by atoms with Crippen LogP contribution in [-0.2, 0) is 20.6 Å². The van der Waals surface area contributed by atoms with Crippen LogP contribution in [0.5, 0.6) is 0 Å². The minimum Gasteiger partial charge on any atom is -0.300 e. The summed E-state index contributed by atoms with van der Waals surface area (Å²) in [6.45, 7) is 0.467. The lowest BCUT2D eigenvalue weighted by molar-refractivity contribution is 0.0269. The fourth-order valence-electron chi connectivity index (χ4n) is 1.59. The summed E-state index contributed by atoms with van der Waals surface area (Å²) in [5.41, 5.74) is 1.97. The number of amides is 1. The smallest absolute Gasteiger partial charge is 0.276 e. The summed E-state index contributed by atoms with van der Waals surface area (Å²) in [5, 5.41) is 0. The van der Waals surface area contributed by atoms with Crippen molar-refractivity contribution in [3.05, 3.63) is 34.2 Å². The molecular weight excluding hydrogens is 284 g/mol. The lowest BCUT2D eigenvalue weighted by atomic mass is 10.3. The van der Waals surface area contributed by atoms with Crippen molar-refractivity contribution in [2.45, 2.75) is 18.7 Å². The monoisotopic (exact) mass is 300 g/mol. The molecule has 20 heavy (non-hydrogen) atoms. The number of nitrogens with one attached hydrogen (secondary N) is 1. The molecule has 7 nitrogen and oxygen atoms in total. The van der Waals surface area contributed by atoms with Crippen LogP contribution < -0.4 is 11.0 Å². The standard InChI is InChI=1S/C12H16N2O5S/c1-20(17,18)8-14-6-10(4-5-11(14)15)12(16)13-19-7-9-2-3-9/h4-6,9H,2-3,7-8H2,1H3,(H,13,16). The lowest BCUT2D eigenvalue weighted by Crippen LogP contribution is -2.28. The maximum absolute atomic E-state index is 11.8. The molecule has 0 aromatic carbocycles. The summed E-state index contributed by atoms with van der Waals surface area (Å²) in [6.07, 6.45) is 4.44. The Hall–Kier alpha value is -1.67. The molecule has 1 aliphatic rings. The zero-order valence-electron chi connectivity index (χ0n) is 11.0.